The highest BCUT2D eigenvalue weighted by atomic mass is 15.1. The van der Waals surface area contributed by atoms with Crippen LogP contribution in [0, 0.1) is 17.3 Å². The maximum atomic E-state index is 2.74. The number of piperidine rings is 1. The van der Waals surface area contributed by atoms with Crippen LogP contribution in [0.25, 0.3) is 0 Å². The van der Waals surface area contributed by atoms with Gasteiger partial charge in [0.05, 0.1) is 0 Å². The Bertz CT molecular complexity index is 205. The van der Waals surface area contributed by atoms with Crippen molar-refractivity contribution < 1.29 is 0 Å². The monoisotopic (exact) mass is 209 g/mol. The minimum absolute atomic E-state index is 0.741. The van der Waals surface area contributed by atoms with E-state index in [1.807, 2.05) is 0 Å². The molecule has 2 rings (SSSR count). The molecule has 2 fully saturated rings. The molecule has 15 heavy (non-hydrogen) atoms. The van der Waals surface area contributed by atoms with Gasteiger partial charge in [0, 0.05) is 13.1 Å². The molecule has 1 aliphatic heterocycles. The second kappa shape index (κ2) is 4.45. The number of hydrogen-bond donors (Lipinski definition) is 0. The van der Waals surface area contributed by atoms with Crippen LogP contribution in [0.5, 0.6) is 0 Å². The minimum atomic E-state index is 0.741. The Morgan fingerprint density at radius 2 is 2.07 bits per heavy atom. The van der Waals surface area contributed by atoms with E-state index in [1.165, 1.54) is 51.7 Å². The van der Waals surface area contributed by atoms with E-state index < -0.39 is 0 Å². The van der Waals surface area contributed by atoms with Crippen molar-refractivity contribution in [3.63, 3.8) is 0 Å². The lowest BCUT2D eigenvalue weighted by Crippen LogP contribution is -2.38. The molecule has 0 aromatic heterocycles. The molecule has 1 saturated carbocycles. The summed E-state index contributed by atoms with van der Waals surface area (Å²) in [7, 11) is 0. The van der Waals surface area contributed by atoms with Crippen molar-refractivity contribution in [2.45, 2.75) is 52.9 Å². The highest BCUT2D eigenvalue weighted by Crippen LogP contribution is 2.51. The van der Waals surface area contributed by atoms with E-state index in [9.17, 15) is 0 Å². The standard InChI is InChI=1S/C14H27N/c1-12(2)9-14(6-7-14)11-15-8-4-5-13(3)10-15/h12-13H,4-11H2,1-3H3/t13-/m1/s1. The average molecular weight is 209 g/mol. The molecule has 0 radical (unpaired) electrons. The van der Waals surface area contributed by atoms with Crippen LogP contribution in [0.3, 0.4) is 0 Å². The first-order valence-electron chi connectivity index (χ1n) is 6.82. The fourth-order valence-corrected chi connectivity index (χ4v) is 3.37. The Hall–Kier alpha value is -0.0400. The van der Waals surface area contributed by atoms with Gasteiger partial charge in [0.25, 0.3) is 0 Å². The predicted molar refractivity (Wildman–Crippen MR) is 66.0 cm³/mol. The van der Waals surface area contributed by atoms with Crippen LogP contribution in [0.1, 0.15) is 52.9 Å². The lowest BCUT2D eigenvalue weighted by atomic mass is 9.92. The third-order valence-electron chi connectivity index (χ3n) is 4.10. The fraction of sp³-hybridized carbons (Fsp3) is 1.00. The second-order valence-electron chi connectivity index (χ2n) is 6.58. The maximum absolute atomic E-state index is 2.74. The second-order valence-corrected chi connectivity index (χ2v) is 6.58. The van der Waals surface area contributed by atoms with Crippen molar-refractivity contribution in [3.05, 3.63) is 0 Å². The average Bonchev–Trinajstić information content (AvgIpc) is 2.83. The van der Waals surface area contributed by atoms with Gasteiger partial charge in [-0.25, -0.2) is 0 Å². The first-order chi connectivity index (χ1) is 7.10. The summed E-state index contributed by atoms with van der Waals surface area (Å²) in [6.45, 7) is 11.3. The Morgan fingerprint density at radius 1 is 1.33 bits per heavy atom. The Kier molecular flexibility index (Phi) is 3.39. The van der Waals surface area contributed by atoms with Crippen molar-refractivity contribution in [2.75, 3.05) is 19.6 Å². The number of hydrogen-bond acceptors (Lipinski definition) is 1. The molecular formula is C14H27N. The summed E-state index contributed by atoms with van der Waals surface area (Å²) in [5, 5.41) is 0. The van der Waals surface area contributed by atoms with Crippen LogP contribution in [0.4, 0.5) is 0 Å². The van der Waals surface area contributed by atoms with Gasteiger partial charge in [0.15, 0.2) is 0 Å². The number of nitrogens with zero attached hydrogens (tertiary/aromatic N) is 1. The van der Waals surface area contributed by atoms with Crippen LogP contribution < -0.4 is 0 Å². The molecule has 88 valence electrons. The summed E-state index contributed by atoms with van der Waals surface area (Å²) < 4.78 is 0. The molecule has 0 bridgehead atoms. The van der Waals surface area contributed by atoms with Crippen LogP contribution in [0.15, 0.2) is 0 Å². The molecule has 0 N–H and O–H groups in total. The molecule has 1 nitrogen and oxygen atoms in total. The van der Waals surface area contributed by atoms with Gasteiger partial charge in [-0.15, -0.1) is 0 Å². The van der Waals surface area contributed by atoms with Gasteiger partial charge < -0.3 is 4.90 Å². The van der Waals surface area contributed by atoms with Gasteiger partial charge in [-0.3, -0.25) is 0 Å². The van der Waals surface area contributed by atoms with E-state index in [4.69, 9.17) is 0 Å². The van der Waals surface area contributed by atoms with Crippen LogP contribution in [-0.4, -0.2) is 24.5 Å². The summed E-state index contributed by atoms with van der Waals surface area (Å²) in [5.41, 5.74) is 0.741. The Morgan fingerprint density at radius 3 is 2.60 bits per heavy atom. The lowest BCUT2D eigenvalue weighted by Gasteiger charge is -2.34. The van der Waals surface area contributed by atoms with Crippen molar-refractivity contribution in [1.82, 2.24) is 4.90 Å². The molecule has 0 aromatic rings. The van der Waals surface area contributed by atoms with Gasteiger partial charge >= 0.3 is 0 Å². The van der Waals surface area contributed by atoms with E-state index in [1.54, 1.807) is 0 Å². The molecule has 1 saturated heterocycles. The first-order valence-corrected chi connectivity index (χ1v) is 6.82. The molecule has 0 unspecified atom stereocenters. The molecule has 0 spiro atoms. The minimum Gasteiger partial charge on any atom is -0.303 e. The predicted octanol–water partition coefficient (Wildman–Crippen LogP) is 3.54. The molecule has 1 aliphatic carbocycles. The van der Waals surface area contributed by atoms with E-state index >= 15 is 0 Å². The Balaban J connectivity index is 1.80. The van der Waals surface area contributed by atoms with Gasteiger partial charge in [-0.1, -0.05) is 20.8 Å². The van der Waals surface area contributed by atoms with E-state index in [0.717, 1.165) is 17.3 Å². The van der Waals surface area contributed by atoms with E-state index in [0.29, 0.717) is 0 Å². The van der Waals surface area contributed by atoms with E-state index in [2.05, 4.69) is 25.7 Å². The summed E-state index contributed by atoms with van der Waals surface area (Å²) in [4.78, 5) is 2.74. The third-order valence-corrected chi connectivity index (χ3v) is 4.10. The summed E-state index contributed by atoms with van der Waals surface area (Å²) >= 11 is 0. The Labute approximate surface area is 95.2 Å². The van der Waals surface area contributed by atoms with Gasteiger partial charge in [0.2, 0.25) is 0 Å². The zero-order valence-corrected chi connectivity index (χ0v) is 10.8. The largest absolute Gasteiger partial charge is 0.303 e. The van der Waals surface area contributed by atoms with Gasteiger partial charge in [-0.2, -0.15) is 0 Å². The number of likely N-dealkylation sites (tertiary alicyclic amines) is 1. The molecule has 1 heteroatoms. The zero-order valence-electron chi connectivity index (χ0n) is 10.8. The first kappa shape index (κ1) is 11.4. The third kappa shape index (κ3) is 3.21. The quantitative estimate of drug-likeness (QED) is 0.684. The molecular weight excluding hydrogens is 182 g/mol. The van der Waals surface area contributed by atoms with Crippen molar-refractivity contribution in [1.29, 1.82) is 0 Å². The van der Waals surface area contributed by atoms with Crippen molar-refractivity contribution in [2.24, 2.45) is 17.3 Å². The zero-order chi connectivity index (χ0) is 10.9. The smallest absolute Gasteiger partial charge is 0.00382 e. The number of rotatable bonds is 4. The summed E-state index contributed by atoms with van der Waals surface area (Å²) in [6, 6.07) is 0. The van der Waals surface area contributed by atoms with Crippen molar-refractivity contribution >= 4 is 0 Å². The highest BCUT2D eigenvalue weighted by molar-refractivity contribution is 4.96. The van der Waals surface area contributed by atoms with Crippen LogP contribution in [0.2, 0.25) is 0 Å². The molecule has 0 aromatic carbocycles. The van der Waals surface area contributed by atoms with Gasteiger partial charge in [-0.05, 0) is 55.9 Å². The summed E-state index contributed by atoms with van der Waals surface area (Å²) in [5.74, 6) is 1.82. The fourth-order valence-electron chi connectivity index (χ4n) is 3.37. The van der Waals surface area contributed by atoms with Gasteiger partial charge in [0.1, 0.15) is 0 Å². The van der Waals surface area contributed by atoms with E-state index in [-0.39, 0.29) is 0 Å². The normalized spacial score (nSPS) is 30.8. The topological polar surface area (TPSA) is 3.24 Å². The molecule has 1 atom stereocenters. The van der Waals surface area contributed by atoms with Crippen LogP contribution >= 0.6 is 0 Å². The van der Waals surface area contributed by atoms with Crippen LogP contribution in [-0.2, 0) is 0 Å². The molecule has 2 aliphatic rings. The summed E-state index contributed by atoms with van der Waals surface area (Å²) in [6.07, 6.45) is 7.33. The lowest BCUT2D eigenvalue weighted by molar-refractivity contribution is 0.142. The highest BCUT2D eigenvalue weighted by Gasteiger charge is 2.44. The SMILES string of the molecule is CC(C)CC1(CN2CCC[C@@H](C)C2)CC1. The maximum Gasteiger partial charge on any atom is 0.00382 e. The molecule has 1 heterocycles. The van der Waals surface area contributed by atoms with Crippen molar-refractivity contribution in [3.8, 4) is 0 Å². The molecule has 0 amide bonds.